The highest BCUT2D eigenvalue weighted by Crippen LogP contribution is 2.19. The lowest BCUT2D eigenvalue weighted by atomic mass is 10.4. The van der Waals surface area contributed by atoms with Gasteiger partial charge in [-0.15, -0.1) is 10.2 Å². The predicted molar refractivity (Wildman–Crippen MR) is 62.1 cm³/mol. The zero-order chi connectivity index (χ0) is 11.5. The van der Waals surface area contributed by atoms with Crippen LogP contribution in [0.25, 0.3) is 11.5 Å². The minimum absolute atomic E-state index is 0.807. The van der Waals surface area contributed by atoms with Gasteiger partial charge in [-0.1, -0.05) is 0 Å². The number of anilines is 1. The molecule has 0 aliphatic heterocycles. The van der Waals surface area contributed by atoms with Crippen molar-refractivity contribution in [2.24, 2.45) is 7.05 Å². The summed E-state index contributed by atoms with van der Waals surface area (Å²) in [5, 5.41) is 11.5. The van der Waals surface area contributed by atoms with Gasteiger partial charge in [0.1, 0.15) is 5.69 Å². The van der Waals surface area contributed by atoms with Gasteiger partial charge in [-0.2, -0.15) is 0 Å². The van der Waals surface area contributed by atoms with Gasteiger partial charge in [0.15, 0.2) is 5.82 Å². The maximum atomic E-state index is 4.20. The summed E-state index contributed by atoms with van der Waals surface area (Å²) in [4.78, 5) is 4.09. The Balaban J connectivity index is 2.46. The second kappa shape index (κ2) is 4.34. The second-order valence-electron chi connectivity index (χ2n) is 3.51. The van der Waals surface area contributed by atoms with E-state index in [-0.39, 0.29) is 0 Å². The predicted octanol–water partition coefficient (Wildman–Crippen LogP) is 1.13. The quantitative estimate of drug-likeness (QED) is 0.839. The van der Waals surface area contributed by atoms with Gasteiger partial charge < -0.3 is 9.88 Å². The summed E-state index contributed by atoms with van der Waals surface area (Å²) >= 11 is 0. The third-order valence-corrected chi connectivity index (χ3v) is 2.45. The second-order valence-corrected chi connectivity index (χ2v) is 3.51. The Morgan fingerprint density at radius 3 is 2.69 bits per heavy atom. The van der Waals surface area contributed by atoms with E-state index in [1.165, 1.54) is 0 Å². The third-order valence-electron chi connectivity index (χ3n) is 2.45. The van der Waals surface area contributed by atoms with Gasteiger partial charge in [0.05, 0.1) is 12.5 Å². The fourth-order valence-electron chi connectivity index (χ4n) is 1.65. The van der Waals surface area contributed by atoms with Gasteiger partial charge >= 0.3 is 0 Å². The monoisotopic (exact) mass is 220 g/mol. The van der Waals surface area contributed by atoms with Crippen LogP contribution >= 0.6 is 0 Å². The Morgan fingerprint density at radius 2 is 2.12 bits per heavy atom. The van der Waals surface area contributed by atoms with Crippen molar-refractivity contribution in [3.05, 3.63) is 12.5 Å². The molecule has 0 radical (unpaired) electrons. The molecule has 2 heterocycles. The van der Waals surface area contributed by atoms with E-state index < -0.39 is 0 Å². The molecule has 0 saturated carbocycles. The van der Waals surface area contributed by atoms with E-state index in [0.29, 0.717) is 0 Å². The van der Waals surface area contributed by atoms with Crippen LogP contribution in [0.3, 0.4) is 0 Å². The Labute approximate surface area is 94.3 Å². The summed E-state index contributed by atoms with van der Waals surface area (Å²) in [5.41, 5.74) is 0.971. The molecule has 2 aromatic rings. The molecule has 1 N–H and O–H groups in total. The van der Waals surface area contributed by atoms with Gasteiger partial charge in [0, 0.05) is 20.1 Å². The molecular weight excluding hydrogens is 204 g/mol. The van der Waals surface area contributed by atoms with Crippen LogP contribution in [0, 0.1) is 0 Å². The first kappa shape index (κ1) is 10.7. The van der Waals surface area contributed by atoms with E-state index in [0.717, 1.165) is 30.6 Å². The van der Waals surface area contributed by atoms with Gasteiger partial charge in [-0.05, 0) is 13.8 Å². The summed E-state index contributed by atoms with van der Waals surface area (Å²) in [6, 6.07) is 0. The zero-order valence-corrected chi connectivity index (χ0v) is 9.80. The highest BCUT2D eigenvalue weighted by atomic mass is 15.4. The summed E-state index contributed by atoms with van der Waals surface area (Å²) in [5.74, 6) is 1.65. The van der Waals surface area contributed by atoms with Crippen LogP contribution in [-0.2, 0) is 13.6 Å². The summed E-state index contributed by atoms with van der Waals surface area (Å²) in [6.45, 7) is 5.78. The largest absolute Gasteiger partial charge is 0.355 e. The average molecular weight is 220 g/mol. The average Bonchev–Trinajstić information content (AvgIpc) is 2.84. The lowest BCUT2D eigenvalue weighted by Gasteiger charge is -2.07. The van der Waals surface area contributed by atoms with Crippen molar-refractivity contribution >= 4 is 5.95 Å². The Kier molecular flexibility index (Phi) is 2.89. The van der Waals surface area contributed by atoms with Crippen LogP contribution in [0.1, 0.15) is 13.8 Å². The normalized spacial score (nSPS) is 10.7. The maximum Gasteiger partial charge on any atom is 0.224 e. The zero-order valence-electron chi connectivity index (χ0n) is 9.80. The Bertz CT molecular complexity index is 469. The van der Waals surface area contributed by atoms with Crippen LogP contribution in [0.15, 0.2) is 12.5 Å². The number of hydrogen-bond acceptors (Lipinski definition) is 4. The van der Waals surface area contributed by atoms with Gasteiger partial charge in [-0.25, -0.2) is 4.98 Å². The highest BCUT2D eigenvalue weighted by Gasteiger charge is 2.14. The lowest BCUT2D eigenvalue weighted by molar-refractivity contribution is 0.761. The van der Waals surface area contributed by atoms with Crippen molar-refractivity contribution in [2.75, 3.05) is 11.9 Å². The number of nitrogens with one attached hydrogen (secondary N) is 1. The molecule has 16 heavy (non-hydrogen) atoms. The van der Waals surface area contributed by atoms with E-state index in [2.05, 4.69) is 27.4 Å². The smallest absolute Gasteiger partial charge is 0.224 e. The van der Waals surface area contributed by atoms with E-state index in [1.54, 1.807) is 12.5 Å². The molecule has 2 aromatic heterocycles. The van der Waals surface area contributed by atoms with E-state index in [1.807, 2.05) is 23.1 Å². The van der Waals surface area contributed by atoms with Crippen molar-refractivity contribution in [3.63, 3.8) is 0 Å². The highest BCUT2D eigenvalue weighted by molar-refractivity contribution is 5.52. The maximum absolute atomic E-state index is 4.20. The summed E-state index contributed by atoms with van der Waals surface area (Å²) < 4.78 is 3.98. The molecule has 0 unspecified atom stereocenters. The summed E-state index contributed by atoms with van der Waals surface area (Å²) in [7, 11) is 1.95. The van der Waals surface area contributed by atoms with Crippen molar-refractivity contribution in [2.45, 2.75) is 20.4 Å². The molecule has 0 bridgehead atoms. The van der Waals surface area contributed by atoms with Crippen LogP contribution in [0.4, 0.5) is 5.95 Å². The first-order valence-electron chi connectivity index (χ1n) is 5.41. The van der Waals surface area contributed by atoms with Crippen molar-refractivity contribution in [1.82, 2.24) is 24.3 Å². The lowest BCUT2D eigenvalue weighted by Crippen LogP contribution is -2.07. The first-order valence-corrected chi connectivity index (χ1v) is 5.41. The van der Waals surface area contributed by atoms with Gasteiger partial charge in [0.2, 0.25) is 5.95 Å². The van der Waals surface area contributed by atoms with Gasteiger partial charge in [-0.3, -0.25) is 4.57 Å². The Hall–Kier alpha value is -1.85. The fourth-order valence-corrected chi connectivity index (χ4v) is 1.65. The molecule has 6 heteroatoms. The number of hydrogen-bond donors (Lipinski definition) is 1. The number of imidazole rings is 1. The molecule has 86 valence electrons. The van der Waals surface area contributed by atoms with E-state index >= 15 is 0 Å². The standard InChI is InChI=1S/C10H16N6/c1-4-12-10-14-13-9(16(10)5-2)8-6-11-7-15(8)3/h6-7H,4-5H2,1-3H3,(H,12,14). The Morgan fingerprint density at radius 1 is 1.31 bits per heavy atom. The molecule has 0 aliphatic rings. The number of aryl methyl sites for hydroxylation is 1. The number of rotatable bonds is 4. The minimum Gasteiger partial charge on any atom is -0.355 e. The SMILES string of the molecule is CCNc1nnc(-c2cncn2C)n1CC. The molecule has 0 spiro atoms. The third kappa shape index (κ3) is 1.66. The van der Waals surface area contributed by atoms with Crippen LogP contribution in [0.5, 0.6) is 0 Å². The van der Waals surface area contributed by atoms with Crippen molar-refractivity contribution in [1.29, 1.82) is 0 Å². The van der Waals surface area contributed by atoms with E-state index in [4.69, 9.17) is 0 Å². The summed E-state index contributed by atoms with van der Waals surface area (Å²) in [6.07, 6.45) is 3.56. The molecule has 0 aliphatic carbocycles. The van der Waals surface area contributed by atoms with Crippen LogP contribution in [-0.4, -0.2) is 30.9 Å². The van der Waals surface area contributed by atoms with Crippen LogP contribution < -0.4 is 5.32 Å². The number of nitrogens with zero attached hydrogens (tertiary/aromatic N) is 5. The van der Waals surface area contributed by atoms with Gasteiger partial charge in [0.25, 0.3) is 0 Å². The molecule has 0 atom stereocenters. The minimum atomic E-state index is 0.807. The van der Waals surface area contributed by atoms with Crippen molar-refractivity contribution in [3.8, 4) is 11.5 Å². The molecule has 0 fully saturated rings. The van der Waals surface area contributed by atoms with Crippen LogP contribution in [0.2, 0.25) is 0 Å². The number of aromatic nitrogens is 5. The topological polar surface area (TPSA) is 60.6 Å². The first-order chi connectivity index (χ1) is 7.77. The molecule has 6 nitrogen and oxygen atoms in total. The van der Waals surface area contributed by atoms with Crippen molar-refractivity contribution < 1.29 is 0 Å². The fraction of sp³-hybridized carbons (Fsp3) is 0.500. The molecule has 2 rings (SSSR count). The van der Waals surface area contributed by atoms with E-state index in [9.17, 15) is 0 Å². The molecule has 0 amide bonds. The molecule has 0 saturated heterocycles. The molecular formula is C10H16N6. The molecule has 0 aromatic carbocycles.